The molecular formula is C13H26N4O2. The van der Waals surface area contributed by atoms with E-state index in [1.807, 2.05) is 6.92 Å². The highest BCUT2D eigenvalue weighted by atomic mass is 16.4. The standard InChI is InChI=1S/C13H26N4O2/c1-3-11(12(14)16-19)13(18)15-9-10-5-7-17(4-2)8-6-10/h10-11,19H,3-9H2,1-2H3,(H2,14,16)(H,15,18). The molecule has 1 aliphatic rings. The van der Waals surface area contributed by atoms with Crippen molar-refractivity contribution in [1.29, 1.82) is 0 Å². The summed E-state index contributed by atoms with van der Waals surface area (Å²) in [5.41, 5.74) is 5.51. The number of carbonyl (C=O) groups excluding carboxylic acids is 1. The van der Waals surface area contributed by atoms with Crippen LogP contribution in [-0.4, -0.2) is 48.0 Å². The summed E-state index contributed by atoms with van der Waals surface area (Å²) in [4.78, 5) is 14.4. The van der Waals surface area contributed by atoms with Crippen molar-refractivity contribution in [1.82, 2.24) is 10.2 Å². The van der Waals surface area contributed by atoms with Gasteiger partial charge in [0.2, 0.25) is 5.91 Å². The first-order valence-electron chi connectivity index (χ1n) is 7.09. The van der Waals surface area contributed by atoms with Crippen LogP contribution in [0.15, 0.2) is 5.16 Å². The van der Waals surface area contributed by atoms with Gasteiger partial charge in [-0.1, -0.05) is 19.0 Å². The predicted molar refractivity (Wildman–Crippen MR) is 75.0 cm³/mol. The molecule has 1 amide bonds. The van der Waals surface area contributed by atoms with Crippen LogP contribution in [0.5, 0.6) is 0 Å². The summed E-state index contributed by atoms with van der Waals surface area (Å²) in [6.07, 6.45) is 2.78. The Morgan fingerprint density at radius 3 is 2.58 bits per heavy atom. The van der Waals surface area contributed by atoms with Crippen molar-refractivity contribution >= 4 is 11.7 Å². The second kappa shape index (κ2) is 7.99. The van der Waals surface area contributed by atoms with Crippen molar-refractivity contribution in [2.75, 3.05) is 26.2 Å². The fourth-order valence-electron chi connectivity index (χ4n) is 2.47. The molecule has 1 unspecified atom stereocenters. The van der Waals surface area contributed by atoms with Crippen molar-refractivity contribution in [3.63, 3.8) is 0 Å². The normalized spacial score (nSPS) is 20.2. The molecule has 0 spiro atoms. The van der Waals surface area contributed by atoms with Gasteiger partial charge in [0.25, 0.3) is 0 Å². The third-order valence-corrected chi connectivity index (χ3v) is 3.92. The Morgan fingerprint density at radius 1 is 1.47 bits per heavy atom. The number of amidine groups is 1. The number of hydrogen-bond acceptors (Lipinski definition) is 4. The van der Waals surface area contributed by atoms with Gasteiger partial charge in [-0.2, -0.15) is 0 Å². The van der Waals surface area contributed by atoms with E-state index in [9.17, 15) is 4.79 Å². The molecule has 0 saturated carbocycles. The van der Waals surface area contributed by atoms with E-state index in [2.05, 4.69) is 22.3 Å². The van der Waals surface area contributed by atoms with Crippen LogP contribution in [0.2, 0.25) is 0 Å². The zero-order valence-corrected chi connectivity index (χ0v) is 11.9. The van der Waals surface area contributed by atoms with Gasteiger partial charge in [0.1, 0.15) is 0 Å². The maximum absolute atomic E-state index is 11.9. The topological polar surface area (TPSA) is 91.0 Å². The highest BCUT2D eigenvalue weighted by Gasteiger charge is 2.23. The number of rotatable bonds is 6. The second-order valence-corrected chi connectivity index (χ2v) is 5.11. The van der Waals surface area contributed by atoms with E-state index in [-0.39, 0.29) is 11.7 Å². The van der Waals surface area contributed by atoms with E-state index in [4.69, 9.17) is 10.9 Å². The zero-order valence-electron chi connectivity index (χ0n) is 11.9. The van der Waals surface area contributed by atoms with Gasteiger partial charge in [-0.15, -0.1) is 0 Å². The highest BCUT2D eigenvalue weighted by molar-refractivity contribution is 6.01. The lowest BCUT2D eigenvalue weighted by Gasteiger charge is -2.31. The van der Waals surface area contributed by atoms with Crippen LogP contribution in [0, 0.1) is 11.8 Å². The molecule has 4 N–H and O–H groups in total. The molecule has 0 bridgehead atoms. The van der Waals surface area contributed by atoms with Gasteiger partial charge in [0.05, 0.1) is 5.92 Å². The number of nitrogens with one attached hydrogen (secondary N) is 1. The quantitative estimate of drug-likeness (QED) is 0.285. The Morgan fingerprint density at radius 2 is 2.11 bits per heavy atom. The van der Waals surface area contributed by atoms with Gasteiger partial charge in [-0.3, -0.25) is 4.79 Å². The number of nitrogens with two attached hydrogens (primary N) is 1. The summed E-state index contributed by atoms with van der Waals surface area (Å²) in [6, 6.07) is 0. The van der Waals surface area contributed by atoms with Gasteiger partial charge in [-0.25, -0.2) is 0 Å². The van der Waals surface area contributed by atoms with Crippen LogP contribution >= 0.6 is 0 Å². The molecular weight excluding hydrogens is 244 g/mol. The van der Waals surface area contributed by atoms with Crippen LogP contribution in [-0.2, 0) is 4.79 Å². The maximum atomic E-state index is 11.9. The number of oxime groups is 1. The lowest BCUT2D eigenvalue weighted by molar-refractivity contribution is -0.123. The Bertz CT molecular complexity index is 312. The largest absolute Gasteiger partial charge is 0.409 e. The van der Waals surface area contributed by atoms with E-state index >= 15 is 0 Å². The van der Waals surface area contributed by atoms with Gasteiger partial charge in [0.15, 0.2) is 5.84 Å². The van der Waals surface area contributed by atoms with Crippen molar-refractivity contribution < 1.29 is 10.0 Å². The van der Waals surface area contributed by atoms with E-state index in [0.29, 0.717) is 18.9 Å². The third-order valence-electron chi connectivity index (χ3n) is 3.92. The van der Waals surface area contributed by atoms with E-state index in [1.54, 1.807) is 0 Å². The summed E-state index contributed by atoms with van der Waals surface area (Å²) in [5.74, 6) is -0.145. The molecule has 1 rings (SSSR count). The van der Waals surface area contributed by atoms with E-state index in [0.717, 1.165) is 32.5 Å². The highest BCUT2D eigenvalue weighted by Crippen LogP contribution is 2.16. The first kappa shape index (κ1) is 15.8. The molecule has 1 aliphatic heterocycles. The second-order valence-electron chi connectivity index (χ2n) is 5.11. The van der Waals surface area contributed by atoms with Gasteiger partial charge < -0.3 is 21.2 Å². The molecule has 0 aromatic rings. The smallest absolute Gasteiger partial charge is 0.230 e. The monoisotopic (exact) mass is 270 g/mol. The average Bonchev–Trinajstić information content (AvgIpc) is 2.46. The lowest BCUT2D eigenvalue weighted by Crippen LogP contribution is -2.42. The minimum atomic E-state index is -0.527. The molecule has 0 aliphatic carbocycles. The molecule has 0 radical (unpaired) electrons. The molecule has 0 aromatic heterocycles. The van der Waals surface area contributed by atoms with E-state index in [1.165, 1.54) is 0 Å². The molecule has 19 heavy (non-hydrogen) atoms. The molecule has 6 nitrogen and oxygen atoms in total. The number of carbonyl (C=O) groups is 1. The lowest BCUT2D eigenvalue weighted by atomic mass is 9.96. The Balaban J connectivity index is 2.34. The first-order valence-corrected chi connectivity index (χ1v) is 7.09. The number of likely N-dealkylation sites (tertiary alicyclic amines) is 1. The number of hydrogen-bond donors (Lipinski definition) is 3. The number of amides is 1. The molecule has 6 heteroatoms. The number of piperidine rings is 1. The molecule has 1 fully saturated rings. The van der Waals surface area contributed by atoms with Crippen LogP contribution in [0.3, 0.4) is 0 Å². The molecule has 110 valence electrons. The van der Waals surface area contributed by atoms with Crippen LogP contribution < -0.4 is 11.1 Å². The minimum absolute atomic E-state index is 0.0131. The van der Waals surface area contributed by atoms with Gasteiger partial charge in [-0.05, 0) is 44.8 Å². The van der Waals surface area contributed by atoms with Crippen LogP contribution in [0.1, 0.15) is 33.1 Å². The van der Waals surface area contributed by atoms with Crippen molar-refractivity contribution in [2.45, 2.75) is 33.1 Å². The molecule has 1 heterocycles. The zero-order chi connectivity index (χ0) is 14.3. The van der Waals surface area contributed by atoms with Gasteiger partial charge >= 0.3 is 0 Å². The Labute approximate surface area is 115 Å². The average molecular weight is 270 g/mol. The minimum Gasteiger partial charge on any atom is -0.409 e. The predicted octanol–water partition coefficient (Wildman–Crippen LogP) is 0.607. The van der Waals surface area contributed by atoms with Crippen molar-refractivity contribution in [2.24, 2.45) is 22.7 Å². The maximum Gasteiger partial charge on any atom is 0.230 e. The fraction of sp³-hybridized carbons (Fsp3) is 0.846. The summed E-state index contributed by atoms with van der Waals surface area (Å²) >= 11 is 0. The number of nitrogens with zero attached hydrogens (tertiary/aromatic N) is 2. The molecule has 1 atom stereocenters. The van der Waals surface area contributed by atoms with Crippen LogP contribution in [0.25, 0.3) is 0 Å². The van der Waals surface area contributed by atoms with Crippen molar-refractivity contribution in [3.8, 4) is 0 Å². The summed E-state index contributed by atoms with van der Waals surface area (Å²) in [7, 11) is 0. The fourth-order valence-corrected chi connectivity index (χ4v) is 2.47. The molecule has 1 saturated heterocycles. The molecule has 0 aromatic carbocycles. The first-order chi connectivity index (χ1) is 9.12. The summed E-state index contributed by atoms with van der Waals surface area (Å²) < 4.78 is 0. The summed E-state index contributed by atoms with van der Waals surface area (Å²) in [6.45, 7) is 8.02. The van der Waals surface area contributed by atoms with E-state index < -0.39 is 5.92 Å². The van der Waals surface area contributed by atoms with Crippen LogP contribution in [0.4, 0.5) is 0 Å². The third kappa shape index (κ3) is 4.70. The summed E-state index contributed by atoms with van der Waals surface area (Å²) in [5, 5.41) is 14.5. The van der Waals surface area contributed by atoms with Gasteiger partial charge in [0, 0.05) is 6.54 Å². The SMILES string of the molecule is CCC(C(=O)NCC1CCN(CC)CC1)C(N)=NO. The Kier molecular flexibility index (Phi) is 6.62. The van der Waals surface area contributed by atoms with Crippen molar-refractivity contribution in [3.05, 3.63) is 0 Å². The Hall–Kier alpha value is -1.30.